The van der Waals surface area contributed by atoms with Crippen LogP contribution in [-0.2, 0) is 13.8 Å². The Morgan fingerprint density at radius 3 is 2.78 bits per heavy atom. The fraction of sp³-hybridized carbons (Fsp3) is 0.133. The van der Waals surface area contributed by atoms with Crippen LogP contribution in [0.3, 0.4) is 0 Å². The molecule has 2 heterocycles. The molecule has 0 aliphatic heterocycles. The predicted molar refractivity (Wildman–Crippen MR) is 88.2 cm³/mol. The monoisotopic (exact) mass is 375 g/mol. The van der Waals surface area contributed by atoms with Gasteiger partial charge in [0.05, 0.1) is 18.1 Å². The maximum atomic E-state index is 12.0. The van der Waals surface area contributed by atoms with Crippen LogP contribution >= 0.6 is 15.9 Å². The second kappa shape index (κ2) is 6.66. The second-order valence-corrected chi connectivity index (χ2v) is 5.74. The van der Waals surface area contributed by atoms with E-state index in [4.69, 9.17) is 4.74 Å². The molecule has 0 saturated heterocycles. The normalized spacial score (nSPS) is 10.5. The van der Waals surface area contributed by atoms with Crippen LogP contribution in [0.4, 0.5) is 5.69 Å². The van der Waals surface area contributed by atoms with Crippen LogP contribution in [0.25, 0.3) is 0 Å². The van der Waals surface area contributed by atoms with Gasteiger partial charge in [0.15, 0.2) is 12.4 Å². The highest BCUT2D eigenvalue weighted by molar-refractivity contribution is 9.10. The number of anilines is 1. The Morgan fingerprint density at radius 1 is 1.30 bits per heavy atom. The van der Waals surface area contributed by atoms with E-state index in [2.05, 4.69) is 31.4 Å². The number of benzene rings is 1. The summed E-state index contributed by atoms with van der Waals surface area (Å²) < 4.78 is 9.76. The highest BCUT2D eigenvalue weighted by atomic mass is 79.9. The van der Waals surface area contributed by atoms with Crippen molar-refractivity contribution < 1.29 is 9.53 Å². The van der Waals surface area contributed by atoms with Gasteiger partial charge in [0, 0.05) is 17.7 Å². The minimum atomic E-state index is -0.279. The maximum Gasteiger partial charge on any atom is 0.276 e. The summed E-state index contributed by atoms with van der Waals surface area (Å²) in [5.41, 5.74) is 0.937. The molecule has 3 aromatic rings. The van der Waals surface area contributed by atoms with Crippen molar-refractivity contribution >= 4 is 27.5 Å². The van der Waals surface area contributed by atoms with Gasteiger partial charge in [-0.1, -0.05) is 15.9 Å². The summed E-state index contributed by atoms with van der Waals surface area (Å²) in [6.45, 7) is 0.251. The Morgan fingerprint density at radius 2 is 2.09 bits per heavy atom. The smallest absolute Gasteiger partial charge is 0.276 e. The van der Waals surface area contributed by atoms with E-state index in [1.54, 1.807) is 41.1 Å². The topological polar surface area (TPSA) is 74.0 Å². The molecule has 0 fully saturated rings. The lowest BCUT2D eigenvalue weighted by Crippen LogP contribution is -2.12. The molecule has 0 unspecified atom stereocenters. The Hall–Kier alpha value is -2.61. The molecule has 0 spiro atoms. The average molecular weight is 376 g/mol. The Bertz CT molecular complexity index is 809. The average Bonchev–Trinajstić information content (AvgIpc) is 3.16. The first-order valence-corrected chi connectivity index (χ1v) is 7.61. The molecule has 0 radical (unpaired) electrons. The fourth-order valence-corrected chi connectivity index (χ4v) is 2.17. The lowest BCUT2D eigenvalue weighted by atomic mass is 10.3. The summed E-state index contributed by atoms with van der Waals surface area (Å²) in [7, 11) is 1.76. The first-order chi connectivity index (χ1) is 11.1. The van der Waals surface area contributed by atoms with E-state index in [9.17, 15) is 4.79 Å². The minimum Gasteiger partial charge on any atom is -0.471 e. The molecule has 1 N–H and O–H groups in total. The third-order valence-corrected chi connectivity index (χ3v) is 3.54. The van der Waals surface area contributed by atoms with E-state index in [1.165, 1.54) is 0 Å². The van der Waals surface area contributed by atoms with E-state index in [0.717, 1.165) is 10.2 Å². The number of aryl methyl sites for hydroxylation is 1. The van der Waals surface area contributed by atoms with Crippen molar-refractivity contribution in [3.05, 3.63) is 59.1 Å². The standard InChI is InChI=1S/C15H14BrN5O2/c1-20-7-6-14(19-20)15(22)18-12-8-17-21(9-12)10-23-13-4-2-11(16)3-5-13/h2-9H,10H2,1H3,(H,18,22). The summed E-state index contributed by atoms with van der Waals surface area (Å²) in [5.74, 6) is 0.460. The third-order valence-electron chi connectivity index (χ3n) is 3.01. The van der Waals surface area contributed by atoms with Crippen molar-refractivity contribution in [2.24, 2.45) is 7.05 Å². The molecule has 0 aliphatic rings. The minimum absolute atomic E-state index is 0.251. The molecular formula is C15H14BrN5O2. The highest BCUT2D eigenvalue weighted by Gasteiger charge is 2.10. The lowest BCUT2D eigenvalue weighted by molar-refractivity contribution is 0.102. The first kappa shape index (κ1) is 15.3. The van der Waals surface area contributed by atoms with E-state index in [-0.39, 0.29) is 12.6 Å². The molecule has 3 rings (SSSR count). The molecule has 0 aliphatic carbocycles. The summed E-state index contributed by atoms with van der Waals surface area (Å²) in [5, 5.41) is 10.9. The molecule has 0 saturated carbocycles. The van der Waals surface area contributed by atoms with Crippen LogP contribution in [0.2, 0.25) is 0 Å². The number of nitrogens with one attached hydrogen (secondary N) is 1. The number of carbonyl (C=O) groups is 1. The van der Waals surface area contributed by atoms with Gasteiger partial charge in [0.1, 0.15) is 5.75 Å². The van der Waals surface area contributed by atoms with Gasteiger partial charge < -0.3 is 10.1 Å². The fourth-order valence-electron chi connectivity index (χ4n) is 1.90. The molecule has 0 atom stereocenters. The summed E-state index contributed by atoms with van der Waals surface area (Å²) in [6.07, 6.45) is 4.97. The van der Waals surface area contributed by atoms with E-state index in [1.807, 2.05) is 24.3 Å². The van der Waals surface area contributed by atoms with Crippen molar-refractivity contribution in [1.29, 1.82) is 0 Å². The largest absolute Gasteiger partial charge is 0.471 e. The number of carbonyl (C=O) groups excluding carboxylic acids is 1. The van der Waals surface area contributed by atoms with E-state index in [0.29, 0.717) is 11.4 Å². The van der Waals surface area contributed by atoms with Crippen molar-refractivity contribution in [2.75, 3.05) is 5.32 Å². The summed E-state index contributed by atoms with van der Waals surface area (Å²) in [6, 6.07) is 9.17. The van der Waals surface area contributed by atoms with Crippen molar-refractivity contribution in [3.63, 3.8) is 0 Å². The zero-order valence-electron chi connectivity index (χ0n) is 12.3. The third kappa shape index (κ3) is 3.98. The molecule has 1 amide bonds. The molecular weight excluding hydrogens is 362 g/mol. The number of hydrogen-bond acceptors (Lipinski definition) is 4. The van der Waals surface area contributed by atoms with Crippen LogP contribution in [-0.4, -0.2) is 25.5 Å². The van der Waals surface area contributed by atoms with Gasteiger partial charge >= 0.3 is 0 Å². The number of amides is 1. The Labute approximate surface area is 141 Å². The molecule has 0 bridgehead atoms. The molecule has 8 heteroatoms. The number of aromatic nitrogens is 4. The SMILES string of the molecule is Cn1ccc(C(=O)Nc2cnn(COc3ccc(Br)cc3)c2)n1. The van der Waals surface area contributed by atoms with Crippen molar-refractivity contribution in [2.45, 2.75) is 6.73 Å². The van der Waals surface area contributed by atoms with Crippen molar-refractivity contribution in [3.8, 4) is 5.75 Å². The highest BCUT2D eigenvalue weighted by Crippen LogP contribution is 2.16. The number of ether oxygens (including phenoxy) is 1. The first-order valence-electron chi connectivity index (χ1n) is 6.82. The Balaban J connectivity index is 1.57. The van der Waals surface area contributed by atoms with Crippen LogP contribution in [0.15, 0.2) is 53.4 Å². The van der Waals surface area contributed by atoms with Gasteiger partial charge in [-0.3, -0.25) is 9.48 Å². The number of nitrogens with zero attached hydrogens (tertiary/aromatic N) is 4. The molecule has 23 heavy (non-hydrogen) atoms. The van der Waals surface area contributed by atoms with Crippen LogP contribution < -0.4 is 10.1 Å². The number of hydrogen-bond donors (Lipinski definition) is 1. The molecule has 118 valence electrons. The summed E-state index contributed by atoms with van der Waals surface area (Å²) >= 11 is 3.37. The van der Waals surface area contributed by atoms with E-state index < -0.39 is 0 Å². The van der Waals surface area contributed by atoms with Gasteiger partial charge in [-0.05, 0) is 30.3 Å². The van der Waals surface area contributed by atoms with E-state index >= 15 is 0 Å². The van der Waals surface area contributed by atoms with Gasteiger partial charge in [0.25, 0.3) is 5.91 Å². The van der Waals surface area contributed by atoms with Crippen LogP contribution in [0.5, 0.6) is 5.75 Å². The van der Waals surface area contributed by atoms with Crippen molar-refractivity contribution in [1.82, 2.24) is 19.6 Å². The lowest BCUT2D eigenvalue weighted by Gasteiger charge is -2.05. The van der Waals surface area contributed by atoms with Crippen LogP contribution in [0.1, 0.15) is 10.5 Å². The number of halogens is 1. The molecule has 2 aromatic heterocycles. The van der Waals surface area contributed by atoms with Gasteiger partial charge in [0.2, 0.25) is 0 Å². The zero-order chi connectivity index (χ0) is 16.2. The van der Waals surface area contributed by atoms with Gasteiger partial charge in [-0.25, -0.2) is 4.68 Å². The quantitative estimate of drug-likeness (QED) is 0.743. The maximum absolute atomic E-state index is 12.0. The van der Waals surface area contributed by atoms with Gasteiger partial charge in [-0.15, -0.1) is 0 Å². The number of rotatable bonds is 5. The zero-order valence-corrected chi connectivity index (χ0v) is 13.9. The second-order valence-electron chi connectivity index (χ2n) is 4.82. The molecule has 1 aromatic carbocycles. The predicted octanol–water partition coefficient (Wildman–Crippen LogP) is 2.67. The Kier molecular flexibility index (Phi) is 4.42. The summed E-state index contributed by atoms with van der Waals surface area (Å²) in [4.78, 5) is 12.0. The van der Waals surface area contributed by atoms with Crippen LogP contribution in [0, 0.1) is 0 Å². The molecule has 7 nitrogen and oxygen atoms in total. The van der Waals surface area contributed by atoms with Gasteiger partial charge in [-0.2, -0.15) is 10.2 Å².